The van der Waals surface area contributed by atoms with Crippen molar-refractivity contribution in [3.05, 3.63) is 59.7 Å². The van der Waals surface area contributed by atoms with Crippen molar-refractivity contribution in [1.29, 1.82) is 5.26 Å². The van der Waals surface area contributed by atoms with Crippen LogP contribution in [0.5, 0.6) is 5.75 Å². The summed E-state index contributed by atoms with van der Waals surface area (Å²) in [6.07, 6.45) is 2.79. The van der Waals surface area contributed by atoms with Gasteiger partial charge in [0.15, 0.2) is 0 Å². The first-order valence-corrected chi connectivity index (χ1v) is 12.8. The lowest BCUT2D eigenvalue weighted by molar-refractivity contribution is -0.164. The Morgan fingerprint density at radius 3 is 2.33 bits per heavy atom. The number of unbranched alkanes of at least 4 members (excludes halogenated alkanes) is 1. The van der Waals surface area contributed by atoms with E-state index in [1.807, 2.05) is 41.3 Å². The van der Waals surface area contributed by atoms with Crippen molar-refractivity contribution in [3.8, 4) is 11.8 Å². The molecule has 3 aliphatic rings. The average Bonchev–Trinajstić information content (AvgIpc) is 3.36. The summed E-state index contributed by atoms with van der Waals surface area (Å²) in [5.74, 6) is 0.729. The molecule has 0 unspecified atom stereocenters. The lowest BCUT2D eigenvalue weighted by Gasteiger charge is -2.47. The number of nitrogens with zero attached hydrogens (tertiary/aromatic N) is 4. The van der Waals surface area contributed by atoms with Crippen LogP contribution in [0.15, 0.2) is 48.5 Å². The van der Waals surface area contributed by atoms with E-state index in [-0.39, 0.29) is 17.9 Å². The molecular weight excluding hydrogens is 456 g/mol. The molecule has 3 saturated heterocycles. The summed E-state index contributed by atoms with van der Waals surface area (Å²) in [6, 6.07) is 16.8. The molecular formula is C28H32N4O4. The summed E-state index contributed by atoms with van der Waals surface area (Å²) in [6.45, 7) is 5.94. The number of carbonyl (C=O) groups is 2. The standard InChI is InChI=1S/C28H32N4O4/c29-20-21-5-7-22(8-6-21)26-27(28(34)32(26)14-2-1-13-30-16-18-35-19-17-30)36-24-11-9-23(10-12-24)31-15-3-4-25(31)33/h5-12,26-27H,1-4,13-19H2/t26-,27+/m0/s1. The maximum absolute atomic E-state index is 13.2. The smallest absolute Gasteiger partial charge is 0.266 e. The number of amides is 2. The summed E-state index contributed by atoms with van der Waals surface area (Å²) in [5, 5.41) is 9.17. The minimum absolute atomic E-state index is 0.0190. The Balaban J connectivity index is 1.24. The first-order chi connectivity index (χ1) is 17.6. The van der Waals surface area contributed by atoms with Crippen LogP contribution in [0.4, 0.5) is 5.69 Å². The third kappa shape index (κ3) is 5.23. The summed E-state index contributed by atoms with van der Waals surface area (Å²) in [5.41, 5.74) is 2.41. The van der Waals surface area contributed by atoms with E-state index in [0.29, 0.717) is 24.3 Å². The molecule has 2 atom stereocenters. The summed E-state index contributed by atoms with van der Waals surface area (Å²) >= 11 is 0. The fourth-order valence-electron chi connectivity index (χ4n) is 5.21. The number of nitriles is 1. The molecule has 0 aliphatic carbocycles. The SMILES string of the molecule is N#Cc1ccc([C@H]2[C@@H](Oc3ccc(N4CCCC4=O)cc3)C(=O)N2CCCCN2CCOCC2)cc1. The molecule has 3 aliphatic heterocycles. The second-order valence-corrected chi connectivity index (χ2v) is 9.55. The van der Waals surface area contributed by atoms with Gasteiger partial charge in [-0.3, -0.25) is 14.5 Å². The molecule has 0 radical (unpaired) electrons. The fourth-order valence-corrected chi connectivity index (χ4v) is 5.21. The molecule has 8 nitrogen and oxygen atoms in total. The van der Waals surface area contributed by atoms with Crippen molar-refractivity contribution in [2.45, 2.75) is 37.8 Å². The lowest BCUT2D eigenvalue weighted by atomic mass is 9.89. The van der Waals surface area contributed by atoms with E-state index in [4.69, 9.17) is 9.47 Å². The zero-order valence-corrected chi connectivity index (χ0v) is 20.5. The van der Waals surface area contributed by atoms with Gasteiger partial charge in [0.1, 0.15) is 11.8 Å². The average molecular weight is 489 g/mol. The molecule has 8 heteroatoms. The molecule has 2 amide bonds. The van der Waals surface area contributed by atoms with Crippen molar-refractivity contribution >= 4 is 17.5 Å². The molecule has 0 saturated carbocycles. The zero-order valence-electron chi connectivity index (χ0n) is 20.5. The number of morpholine rings is 1. The number of carbonyl (C=O) groups excluding carboxylic acids is 2. The summed E-state index contributed by atoms with van der Waals surface area (Å²) in [4.78, 5) is 31.3. The monoisotopic (exact) mass is 488 g/mol. The van der Waals surface area contributed by atoms with Crippen molar-refractivity contribution in [2.24, 2.45) is 0 Å². The highest BCUT2D eigenvalue weighted by molar-refractivity contribution is 5.95. The molecule has 0 bridgehead atoms. The number of benzene rings is 2. The van der Waals surface area contributed by atoms with Gasteiger partial charge in [0.05, 0.1) is 24.8 Å². The molecule has 36 heavy (non-hydrogen) atoms. The third-order valence-electron chi connectivity index (χ3n) is 7.24. The molecule has 0 aromatic heterocycles. The third-order valence-corrected chi connectivity index (χ3v) is 7.24. The number of anilines is 1. The Bertz CT molecular complexity index is 1110. The Morgan fingerprint density at radius 1 is 0.944 bits per heavy atom. The number of hydrogen-bond acceptors (Lipinski definition) is 6. The van der Waals surface area contributed by atoms with Gasteiger partial charge in [0.2, 0.25) is 12.0 Å². The fraction of sp³-hybridized carbons (Fsp3) is 0.464. The van der Waals surface area contributed by atoms with Crippen molar-refractivity contribution in [2.75, 3.05) is 50.8 Å². The first-order valence-electron chi connectivity index (χ1n) is 12.8. The predicted molar refractivity (Wildman–Crippen MR) is 135 cm³/mol. The van der Waals surface area contributed by atoms with Gasteiger partial charge in [-0.15, -0.1) is 0 Å². The number of β-lactam (4-membered cyclic amide) rings is 1. The van der Waals surface area contributed by atoms with E-state index in [9.17, 15) is 14.9 Å². The molecule has 2 aromatic rings. The van der Waals surface area contributed by atoms with Gasteiger partial charge < -0.3 is 19.3 Å². The largest absolute Gasteiger partial charge is 0.478 e. The Hall–Kier alpha value is -3.41. The van der Waals surface area contributed by atoms with Gasteiger partial charge in [-0.25, -0.2) is 0 Å². The first kappa shape index (κ1) is 24.3. The lowest BCUT2D eigenvalue weighted by Crippen LogP contribution is -2.61. The normalized spacial score (nSPS) is 22.4. The number of likely N-dealkylation sites (tertiary alicyclic amines) is 1. The Kier molecular flexibility index (Phi) is 7.49. The van der Waals surface area contributed by atoms with Gasteiger partial charge in [0, 0.05) is 38.3 Å². The van der Waals surface area contributed by atoms with Gasteiger partial charge in [-0.2, -0.15) is 5.26 Å². The van der Waals surface area contributed by atoms with E-state index in [2.05, 4.69) is 11.0 Å². The van der Waals surface area contributed by atoms with Gasteiger partial charge in [0.25, 0.3) is 5.91 Å². The molecule has 0 spiro atoms. The molecule has 5 rings (SSSR count). The van der Waals surface area contributed by atoms with E-state index in [1.165, 1.54) is 0 Å². The van der Waals surface area contributed by atoms with Crippen molar-refractivity contribution < 1.29 is 19.1 Å². The minimum atomic E-state index is -0.614. The molecule has 3 heterocycles. The number of ether oxygens (including phenoxy) is 2. The van der Waals surface area contributed by atoms with Crippen LogP contribution in [0.1, 0.15) is 42.9 Å². The molecule has 188 valence electrons. The number of hydrogen-bond donors (Lipinski definition) is 0. The van der Waals surface area contributed by atoms with Gasteiger partial charge in [-0.1, -0.05) is 12.1 Å². The van der Waals surface area contributed by atoms with Crippen LogP contribution in [-0.4, -0.2) is 73.7 Å². The summed E-state index contributed by atoms with van der Waals surface area (Å²) in [7, 11) is 0. The Labute approximate surface area is 212 Å². The highest BCUT2D eigenvalue weighted by Gasteiger charge is 2.49. The van der Waals surface area contributed by atoms with E-state index in [1.54, 1.807) is 17.0 Å². The van der Waals surface area contributed by atoms with Gasteiger partial charge in [-0.05, 0) is 67.8 Å². The van der Waals surface area contributed by atoms with Crippen molar-refractivity contribution in [1.82, 2.24) is 9.80 Å². The quantitative estimate of drug-likeness (QED) is 0.398. The van der Waals surface area contributed by atoms with Crippen LogP contribution < -0.4 is 9.64 Å². The number of rotatable bonds is 9. The zero-order chi connectivity index (χ0) is 24.9. The minimum Gasteiger partial charge on any atom is -0.478 e. The van der Waals surface area contributed by atoms with Crippen LogP contribution in [-0.2, 0) is 14.3 Å². The second-order valence-electron chi connectivity index (χ2n) is 9.55. The van der Waals surface area contributed by atoms with Crippen LogP contribution >= 0.6 is 0 Å². The van der Waals surface area contributed by atoms with E-state index in [0.717, 1.165) is 69.9 Å². The molecule has 3 fully saturated rings. The highest BCUT2D eigenvalue weighted by atomic mass is 16.5. The maximum Gasteiger partial charge on any atom is 0.266 e. The van der Waals surface area contributed by atoms with E-state index < -0.39 is 6.10 Å². The highest BCUT2D eigenvalue weighted by Crippen LogP contribution is 2.38. The maximum atomic E-state index is 13.2. The Morgan fingerprint density at radius 2 is 1.67 bits per heavy atom. The molecule has 0 N–H and O–H groups in total. The van der Waals surface area contributed by atoms with Crippen LogP contribution in [0.2, 0.25) is 0 Å². The van der Waals surface area contributed by atoms with E-state index >= 15 is 0 Å². The summed E-state index contributed by atoms with van der Waals surface area (Å²) < 4.78 is 11.6. The van der Waals surface area contributed by atoms with Crippen molar-refractivity contribution in [3.63, 3.8) is 0 Å². The van der Waals surface area contributed by atoms with Crippen LogP contribution in [0, 0.1) is 11.3 Å². The van der Waals surface area contributed by atoms with Crippen LogP contribution in [0.3, 0.4) is 0 Å². The van der Waals surface area contributed by atoms with Crippen LogP contribution in [0.25, 0.3) is 0 Å². The van der Waals surface area contributed by atoms with Gasteiger partial charge >= 0.3 is 0 Å². The molecule has 2 aromatic carbocycles. The topological polar surface area (TPSA) is 86.1 Å². The second kappa shape index (κ2) is 11.1. The predicted octanol–water partition coefficient (Wildman–Crippen LogP) is 3.13.